The average molecular weight is 390 g/mol. The summed E-state index contributed by atoms with van der Waals surface area (Å²) in [7, 11) is 0. The summed E-state index contributed by atoms with van der Waals surface area (Å²) in [6.07, 6.45) is 1.93. The first-order chi connectivity index (χ1) is 11.4. The average Bonchev–Trinajstić information content (AvgIpc) is 3.12. The molecule has 24 heavy (non-hydrogen) atoms. The van der Waals surface area contributed by atoms with E-state index in [1.807, 2.05) is 0 Å². The quantitative estimate of drug-likeness (QED) is 0.733. The Balaban J connectivity index is 1.96. The second-order valence-corrected chi connectivity index (χ2v) is 7.23. The van der Waals surface area contributed by atoms with Gasteiger partial charge in [-0.15, -0.1) is 0 Å². The second kappa shape index (κ2) is 5.11. The van der Waals surface area contributed by atoms with Crippen molar-refractivity contribution in [2.75, 3.05) is 0 Å². The van der Waals surface area contributed by atoms with E-state index < -0.39 is 11.8 Å². The van der Waals surface area contributed by atoms with Crippen LogP contribution in [0.25, 0.3) is 16.9 Å². The molecule has 7 heteroatoms. The first-order valence-electron chi connectivity index (χ1n) is 7.47. The van der Waals surface area contributed by atoms with Gasteiger partial charge in [0.25, 0.3) is 0 Å². The molecule has 0 radical (unpaired) electrons. The van der Waals surface area contributed by atoms with Gasteiger partial charge in [-0.25, -0.2) is 18.7 Å². The van der Waals surface area contributed by atoms with Gasteiger partial charge in [-0.3, -0.25) is 0 Å². The minimum Gasteiger partial charge on any atom is -0.477 e. The summed E-state index contributed by atoms with van der Waals surface area (Å²) in [6.45, 7) is 2.06. The first kappa shape index (κ1) is 15.3. The maximum atomic E-state index is 14.2. The lowest BCUT2D eigenvalue weighted by Gasteiger charge is -2.11. The molecule has 0 saturated heterocycles. The van der Waals surface area contributed by atoms with Gasteiger partial charge in [0.05, 0.1) is 11.4 Å². The van der Waals surface area contributed by atoms with Crippen molar-refractivity contribution in [1.82, 2.24) is 14.6 Å². The Labute approximate surface area is 145 Å². The summed E-state index contributed by atoms with van der Waals surface area (Å²) in [5, 5.41) is 13.8. The molecule has 1 saturated carbocycles. The van der Waals surface area contributed by atoms with Crippen LogP contribution in [0.3, 0.4) is 0 Å². The van der Waals surface area contributed by atoms with Crippen LogP contribution in [0, 0.1) is 5.82 Å². The van der Waals surface area contributed by atoms with Crippen LogP contribution in [0.1, 0.15) is 35.9 Å². The van der Waals surface area contributed by atoms with Crippen molar-refractivity contribution in [3.63, 3.8) is 0 Å². The van der Waals surface area contributed by atoms with E-state index in [9.17, 15) is 14.3 Å². The first-order valence-corrected chi connectivity index (χ1v) is 8.27. The molecule has 1 aliphatic rings. The molecule has 0 amide bonds. The highest BCUT2D eigenvalue weighted by Crippen LogP contribution is 2.47. The molecule has 122 valence electrons. The van der Waals surface area contributed by atoms with E-state index in [-0.39, 0.29) is 11.1 Å². The van der Waals surface area contributed by atoms with Gasteiger partial charge in [-0.1, -0.05) is 22.9 Å². The van der Waals surface area contributed by atoms with Crippen molar-refractivity contribution in [3.05, 3.63) is 52.0 Å². The summed E-state index contributed by atoms with van der Waals surface area (Å²) in [6, 6.07) is 7.93. The smallest absolute Gasteiger partial charge is 0.354 e. The fraction of sp³-hybridized carbons (Fsp3) is 0.235. The van der Waals surface area contributed by atoms with Gasteiger partial charge in [0.2, 0.25) is 0 Å². The molecule has 1 aliphatic carbocycles. The topological polar surface area (TPSA) is 67.5 Å². The maximum Gasteiger partial charge on any atom is 0.354 e. The van der Waals surface area contributed by atoms with Crippen molar-refractivity contribution < 1.29 is 14.3 Å². The SMILES string of the molecule is CC1(c2cc(C(=O)O)nc3cc(-c4ccc(Br)cc4F)nn23)CC1. The Hall–Kier alpha value is -2.28. The molecule has 0 aliphatic heterocycles. The van der Waals surface area contributed by atoms with E-state index in [0.717, 1.165) is 18.5 Å². The summed E-state index contributed by atoms with van der Waals surface area (Å²) in [5.41, 5.74) is 1.87. The van der Waals surface area contributed by atoms with Crippen molar-refractivity contribution in [1.29, 1.82) is 0 Å². The van der Waals surface area contributed by atoms with Gasteiger partial charge >= 0.3 is 5.97 Å². The minimum atomic E-state index is -1.08. The molecule has 2 heterocycles. The highest BCUT2D eigenvalue weighted by atomic mass is 79.9. The van der Waals surface area contributed by atoms with E-state index in [1.165, 1.54) is 6.07 Å². The van der Waals surface area contributed by atoms with Crippen LogP contribution < -0.4 is 0 Å². The van der Waals surface area contributed by atoms with Gasteiger partial charge in [0.15, 0.2) is 11.3 Å². The molecule has 3 aromatic rings. The van der Waals surface area contributed by atoms with Crippen molar-refractivity contribution in [2.24, 2.45) is 0 Å². The van der Waals surface area contributed by atoms with Gasteiger partial charge in [0.1, 0.15) is 5.82 Å². The van der Waals surface area contributed by atoms with E-state index in [2.05, 4.69) is 32.9 Å². The Bertz CT molecular complexity index is 995. The maximum absolute atomic E-state index is 14.2. The molecule has 0 spiro atoms. The Morgan fingerprint density at radius 3 is 2.71 bits per heavy atom. The number of benzene rings is 1. The third-order valence-electron chi connectivity index (χ3n) is 4.47. The van der Waals surface area contributed by atoms with E-state index >= 15 is 0 Å². The summed E-state index contributed by atoms with van der Waals surface area (Å²) < 4.78 is 16.5. The normalized spacial score (nSPS) is 15.6. The van der Waals surface area contributed by atoms with Gasteiger partial charge in [-0.2, -0.15) is 5.10 Å². The molecule has 2 aromatic heterocycles. The molecule has 0 bridgehead atoms. The fourth-order valence-electron chi connectivity index (χ4n) is 2.79. The molecular formula is C17H13BrFN3O2. The zero-order chi connectivity index (χ0) is 17.1. The molecule has 0 unspecified atom stereocenters. The lowest BCUT2D eigenvalue weighted by molar-refractivity contribution is 0.0690. The summed E-state index contributed by atoms with van der Waals surface area (Å²) >= 11 is 3.23. The Kier molecular flexibility index (Phi) is 3.25. The number of aromatic carboxylic acids is 1. The van der Waals surface area contributed by atoms with Crippen LogP contribution in [0.2, 0.25) is 0 Å². The largest absolute Gasteiger partial charge is 0.477 e. The van der Waals surface area contributed by atoms with E-state index in [0.29, 0.717) is 21.4 Å². The number of nitrogens with zero attached hydrogens (tertiary/aromatic N) is 3. The lowest BCUT2D eigenvalue weighted by atomic mass is 10.0. The van der Waals surface area contributed by atoms with Gasteiger partial charge < -0.3 is 5.11 Å². The van der Waals surface area contributed by atoms with Crippen LogP contribution in [-0.2, 0) is 5.41 Å². The summed E-state index contributed by atoms with van der Waals surface area (Å²) in [4.78, 5) is 15.5. The number of rotatable bonds is 3. The number of hydrogen-bond acceptors (Lipinski definition) is 3. The molecule has 5 nitrogen and oxygen atoms in total. The zero-order valence-corrected chi connectivity index (χ0v) is 14.3. The van der Waals surface area contributed by atoms with Crippen LogP contribution >= 0.6 is 15.9 Å². The predicted octanol–water partition coefficient (Wildman–Crippen LogP) is 4.05. The lowest BCUT2D eigenvalue weighted by Crippen LogP contribution is -2.13. The minimum absolute atomic E-state index is 0.0200. The highest BCUT2D eigenvalue weighted by molar-refractivity contribution is 9.10. The van der Waals surface area contributed by atoms with Crippen LogP contribution in [0.15, 0.2) is 34.8 Å². The number of carbonyl (C=O) groups is 1. The predicted molar refractivity (Wildman–Crippen MR) is 89.6 cm³/mol. The number of carboxylic acids is 1. The van der Waals surface area contributed by atoms with E-state index in [1.54, 1.807) is 28.8 Å². The van der Waals surface area contributed by atoms with Crippen LogP contribution in [-0.4, -0.2) is 25.7 Å². The van der Waals surface area contributed by atoms with Gasteiger partial charge in [-0.05, 0) is 37.1 Å². The van der Waals surface area contributed by atoms with E-state index in [4.69, 9.17) is 0 Å². The number of halogens is 2. The van der Waals surface area contributed by atoms with Crippen molar-refractivity contribution in [3.8, 4) is 11.3 Å². The molecule has 4 rings (SSSR count). The molecule has 0 atom stereocenters. The number of carboxylic acid groups (broad SMARTS) is 1. The molecule has 1 fully saturated rings. The highest BCUT2D eigenvalue weighted by Gasteiger charge is 2.42. The standard InChI is InChI=1S/C17H13BrFN3O2/c1-17(4-5-17)14-7-13(16(23)24)20-15-8-12(21-22(14)15)10-3-2-9(18)6-11(10)19/h2-3,6-8H,4-5H2,1H3,(H,23,24). The monoisotopic (exact) mass is 389 g/mol. The third-order valence-corrected chi connectivity index (χ3v) is 4.97. The summed E-state index contributed by atoms with van der Waals surface area (Å²) in [5.74, 6) is -1.48. The zero-order valence-electron chi connectivity index (χ0n) is 12.8. The number of aromatic nitrogens is 3. The number of hydrogen-bond donors (Lipinski definition) is 1. The molecule has 1 N–H and O–H groups in total. The van der Waals surface area contributed by atoms with Crippen LogP contribution in [0.5, 0.6) is 0 Å². The van der Waals surface area contributed by atoms with Crippen LogP contribution in [0.4, 0.5) is 4.39 Å². The van der Waals surface area contributed by atoms with Crippen molar-refractivity contribution >= 4 is 27.5 Å². The van der Waals surface area contributed by atoms with Crippen molar-refractivity contribution in [2.45, 2.75) is 25.2 Å². The Morgan fingerprint density at radius 1 is 1.33 bits per heavy atom. The molecule has 1 aromatic carbocycles. The Morgan fingerprint density at radius 2 is 2.08 bits per heavy atom. The molecular weight excluding hydrogens is 377 g/mol. The third kappa shape index (κ3) is 2.39. The second-order valence-electron chi connectivity index (χ2n) is 6.32. The van der Waals surface area contributed by atoms with Gasteiger partial charge in [0, 0.05) is 21.5 Å². The fourth-order valence-corrected chi connectivity index (χ4v) is 3.12. The number of fused-ring (bicyclic) bond motifs is 1.